The number of nitrogens with zero attached hydrogens (tertiary/aromatic N) is 2. The Balaban J connectivity index is 1.75. The Hall–Kier alpha value is -2.62. The molecule has 0 spiro atoms. The van der Waals surface area contributed by atoms with Crippen LogP contribution in [0.4, 0.5) is 5.69 Å². The fraction of sp³-hybridized carbons (Fsp3) is 0.462. The molecule has 2 fully saturated rings. The van der Waals surface area contributed by atoms with Crippen LogP contribution in [-0.2, 0) is 4.74 Å². The predicted molar refractivity (Wildman–Crippen MR) is 122 cm³/mol. The minimum atomic E-state index is -0.277. The van der Waals surface area contributed by atoms with Gasteiger partial charge in [-0.15, -0.1) is 0 Å². The fourth-order valence-corrected chi connectivity index (χ4v) is 6.31. The van der Waals surface area contributed by atoms with E-state index in [9.17, 15) is 4.79 Å². The molecule has 2 atom stereocenters. The van der Waals surface area contributed by atoms with Crippen LogP contribution < -0.4 is 4.90 Å². The molecular formula is C26H30N2O2. The third kappa shape index (κ3) is 3.05. The highest BCUT2D eigenvalue weighted by Crippen LogP contribution is 2.54. The summed E-state index contributed by atoms with van der Waals surface area (Å²) < 4.78 is 5.44. The van der Waals surface area contributed by atoms with Crippen LogP contribution in [0.3, 0.4) is 0 Å². The number of carbonyl (C=O) groups excluding carboxylic acids is 1. The van der Waals surface area contributed by atoms with Crippen molar-refractivity contribution in [2.24, 2.45) is 10.8 Å². The van der Waals surface area contributed by atoms with Crippen LogP contribution >= 0.6 is 0 Å². The molecule has 1 saturated carbocycles. The zero-order valence-corrected chi connectivity index (χ0v) is 18.4. The van der Waals surface area contributed by atoms with E-state index < -0.39 is 0 Å². The van der Waals surface area contributed by atoms with Gasteiger partial charge in [-0.1, -0.05) is 57.2 Å². The highest BCUT2D eigenvalue weighted by molar-refractivity contribution is 6.13. The first-order chi connectivity index (χ1) is 14.3. The van der Waals surface area contributed by atoms with E-state index in [1.54, 1.807) is 6.20 Å². The van der Waals surface area contributed by atoms with E-state index in [0.29, 0.717) is 23.6 Å². The lowest BCUT2D eigenvalue weighted by atomic mass is 9.65. The first kappa shape index (κ1) is 19.3. The average Bonchev–Trinajstić information content (AvgIpc) is 2.95. The minimum absolute atomic E-state index is 0.269. The van der Waals surface area contributed by atoms with Crippen molar-refractivity contribution in [1.82, 2.24) is 4.98 Å². The Morgan fingerprint density at radius 2 is 1.93 bits per heavy atom. The summed E-state index contributed by atoms with van der Waals surface area (Å²) in [4.78, 5) is 20.2. The van der Waals surface area contributed by atoms with Gasteiger partial charge in [0.15, 0.2) is 0 Å². The van der Waals surface area contributed by atoms with Crippen LogP contribution in [0.5, 0.6) is 0 Å². The summed E-state index contributed by atoms with van der Waals surface area (Å²) in [5.74, 6) is -0.277. The van der Waals surface area contributed by atoms with Crippen LogP contribution in [0, 0.1) is 10.8 Å². The molecule has 0 N–H and O–H groups in total. The molecule has 2 aromatic carbocycles. The number of carbonyl (C=O) groups is 1. The molecule has 2 heterocycles. The number of pyridine rings is 1. The molecule has 0 amide bonds. The minimum Gasteiger partial charge on any atom is -0.462 e. The van der Waals surface area contributed by atoms with Crippen molar-refractivity contribution in [2.45, 2.75) is 53.0 Å². The lowest BCUT2D eigenvalue weighted by Crippen LogP contribution is -2.35. The van der Waals surface area contributed by atoms with Crippen molar-refractivity contribution >= 4 is 33.3 Å². The van der Waals surface area contributed by atoms with Gasteiger partial charge in [-0.2, -0.15) is 0 Å². The number of fused-ring (bicyclic) bond motifs is 5. The number of hydrogen-bond donors (Lipinski definition) is 0. The molecule has 1 aliphatic carbocycles. The van der Waals surface area contributed by atoms with E-state index in [0.717, 1.165) is 34.9 Å². The normalized spacial score (nSPS) is 25.1. The van der Waals surface area contributed by atoms with E-state index in [1.807, 2.05) is 6.92 Å². The van der Waals surface area contributed by atoms with Gasteiger partial charge in [-0.25, -0.2) is 4.79 Å². The van der Waals surface area contributed by atoms with Crippen LogP contribution in [0.1, 0.15) is 57.3 Å². The summed E-state index contributed by atoms with van der Waals surface area (Å²) in [5, 5.41) is 3.34. The lowest BCUT2D eigenvalue weighted by Gasteiger charge is -2.39. The number of anilines is 1. The summed E-state index contributed by atoms with van der Waals surface area (Å²) in [6, 6.07) is 13.0. The number of ether oxygens (including phenoxy) is 1. The summed E-state index contributed by atoms with van der Waals surface area (Å²) in [6.07, 6.45) is 5.27. The van der Waals surface area contributed by atoms with Gasteiger partial charge in [-0.05, 0) is 42.4 Å². The number of rotatable bonds is 3. The van der Waals surface area contributed by atoms with Crippen molar-refractivity contribution in [3.05, 3.63) is 48.2 Å². The van der Waals surface area contributed by atoms with E-state index >= 15 is 0 Å². The topological polar surface area (TPSA) is 42.4 Å². The molecule has 1 aromatic heterocycles. The molecule has 2 aliphatic rings. The van der Waals surface area contributed by atoms with Crippen molar-refractivity contribution in [3.63, 3.8) is 0 Å². The fourth-order valence-electron chi connectivity index (χ4n) is 6.31. The standard InChI is InChI=1S/C26H30N2O2/c1-5-30-24(29)21-14-27-22-19-9-7-6-8-17(19)10-11-20(22)23(21)28-16-26(4)13-18(28)12-25(2,3)15-26/h6-11,14,18H,5,12-13,15-16H2,1-4H3/t18-,26+/m1/s1. The largest absolute Gasteiger partial charge is 0.462 e. The van der Waals surface area contributed by atoms with Gasteiger partial charge in [0.1, 0.15) is 5.56 Å². The van der Waals surface area contributed by atoms with Crippen molar-refractivity contribution in [3.8, 4) is 0 Å². The predicted octanol–water partition coefficient (Wildman–Crippen LogP) is 5.97. The summed E-state index contributed by atoms with van der Waals surface area (Å²) in [6.45, 7) is 10.4. The first-order valence-corrected chi connectivity index (χ1v) is 11.0. The molecular weight excluding hydrogens is 372 g/mol. The molecule has 5 rings (SSSR count). The molecule has 1 aliphatic heterocycles. The summed E-state index contributed by atoms with van der Waals surface area (Å²) in [5.41, 5.74) is 3.14. The highest BCUT2D eigenvalue weighted by atomic mass is 16.5. The third-order valence-electron chi connectivity index (χ3n) is 6.93. The van der Waals surface area contributed by atoms with E-state index in [-0.39, 0.29) is 11.4 Å². The zero-order chi connectivity index (χ0) is 21.1. The molecule has 30 heavy (non-hydrogen) atoms. The maximum Gasteiger partial charge on any atom is 0.341 e. The molecule has 156 valence electrons. The van der Waals surface area contributed by atoms with E-state index in [2.05, 4.69) is 62.1 Å². The molecule has 4 nitrogen and oxygen atoms in total. The van der Waals surface area contributed by atoms with Gasteiger partial charge < -0.3 is 9.64 Å². The Labute approximate surface area is 178 Å². The smallest absolute Gasteiger partial charge is 0.341 e. The second-order valence-electron chi connectivity index (χ2n) is 10.3. The van der Waals surface area contributed by atoms with Crippen molar-refractivity contribution in [2.75, 3.05) is 18.1 Å². The number of hydrogen-bond acceptors (Lipinski definition) is 4. The Morgan fingerprint density at radius 1 is 1.13 bits per heavy atom. The van der Waals surface area contributed by atoms with Gasteiger partial charge in [-0.3, -0.25) is 4.98 Å². The summed E-state index contributed by atoms with van der Waals surface area (Å²) in [7, 11) is 0. The molecule has 3 aromatic rings. The van der Waals surface area contributed by atoms with Crippen LogP contribution in [0.15, 0.2) is 42.6 Å². The number of benzene rings is 2. The second-order valence-corrected chi connectivity index (χ2v) is 10.3. The van der Waals surface area contributed by atoms with Crippen LogP contribution in [0.25, 0.3) is 21.7 Å². The van der Waals surface area contributed by atoms with Gasteiger partial charge in [0.05, 0.1) is 17.8 Å². The van der Waals surface area contributed by atoms with Crippen LogP contribution in [0.2, 0.25) is 0 Å². The Morgan fingerprint density at radius 3 is 2.73 bits per heavy atom. The number of esters is 1. The quantitative estimate of drug-likeness (QED) is 0.400. The van der Waals surface area contributed by atoms with Gasteiger partial charge >= 0.3 is 5.97 Å². The molecule has 0 unspecified atom stereocenters. The summed E-state index contributed by atoms with van der Waals surface area (Å²) >= 11 is 0. The number of aromatic nitrogens is 1. The van der Waals surface area contributed by atoms with Gasteiger partial charge in [0.25, 0.3) is 0 Å². The highest BCUT2D eigenvalue weighted by Gasteiger charge is 2.50. The third-order valence-corrected chi connectivity index (χ3v) is 6.93. The SMILES string of the molecule is CCOC(=O)c1cnc2c(ccc3ccccc32)c1N1C[C@@]2(C)C[C@H]1CC(C)(C)C2. The molecule has 2 bridgehead atoms. The molecule has 1 saturated heterocycles. The van der Waals surface area contributed by atoms with Crippen LogP contribution in [-0.4, -0.2) is 30.1 Å². The zero-order valence-electron chi connectivity index (χ0n) is 18.4. The molecule has 4 heteroatoms. The maximum atomic E-state index is 12.9. The van der Waals surface area contributed by atoms with Crippen molar-refractivity contribution < 1.29 is 9.53 Å². The maximum absolute atomic E-state index is 12.9. The Bertz CT molecular complexity index is 1150. The first-order valence-electron chi connectivity index (χ1n) is 11.0. The Kier molecular flexibility index (Phi) is 4.32. The molecule has 0 radical (unpaired) electrons. The van der Waals surface area contributed by atoms with Gasteiger partial charge in [0, 0.05) is 29.6 Å². The van der Waals surface area contributed by atoms with E-state index in [4.69, 9.17) is 9.72 Å². The monoisotopic (exact) mass is 402 g/mol. The lowest BCUT2D eigenvalue weighted by molar-refractivity contribution is 0.0526. The van der Waals surface area contributed by atoms with Crippen molar-refractivity contribution in [1.29, 1.82) is 0 Å². The second kappa shape index (κ2) is 6.69. The van der Waals surface area contributed by atoms with Gasteiger partial charge in [0.2, 0.25) is 0 Å². The van der Waals surface area contributed by atoms with E-state index in [1.165, 1.54) is 18.2 Å². The average molecular weight is 403 g/mol.